The molecular weight excluding hydrogens is 214 g/mol. The zero-order valence-electron chi connectivity index (χ0n) is 7.68. The molecule has 2 aromatic heterocycles. The Hall–Kier alpha value is -1.88. The summed E-state index contributed by atoms with van der Waals surface area (Å²) >= 11 is 5.75. The van der Waals surface area contributed by atoms with Crippen LogP contribution in [0, 0.1) is 5.41 Å². The molecule has 0 atom stereocenters. The molecule has 6 heteroatoms. The molecule has 0 unspecified atom stereocenters. The number of nitrogens with two attached hydrogens (primary N) is 1. The van der Waals surface area contributed by atoms with Gasteiger partial charge in [0.15, 0.2) is 0 Å². The predicted octanol–water partition coefficient (Wildman–Crippen LogP) is 1.20. The zero-order valence-corrected chi connectivity index (χ0v) is 8.44. The summed E-state index contributed by atoms with van der Waals surface area (Å²) in [6, 6.07) is 3.52. The third-order valence-corrected chi connectivity index (χ3v) is 2.03. The molecule has 15 heavy (non-hydrogen) atoms. The zero-order chi connectivity index (χ0) is 10.8. The Morgan fingerprint density at radius 2 is 2.33 bits per heavy atom. The predicted molar refractivity (Wildman–Crippen MR) is 57.4 cm³/mol. The summed E-state index contributed by atoms with van der Waals surface area (Å²) in [4.78, 5) is 4.01. The van der Waals surface area contributed by atoms with Gasteiger partial charge in [0.2, 0.25) is 0 Å². The second kappa shape index (κ2) is 3.70. The lowest BCUT2D eigenvalue weighted by Crippen LogP contribution is -2.16. The maximum atomic E-state index is 7.37. The molecule has 0 aliphatic heterocycles. The maximum absolute atomic E-state index is 7.37. The van der Waals surface area contributed by atoms with Crippen LogP contribution in [0.15, 0.2) is 30.7 Å². The van der Waals surface area contributed by atoms with Gasteiger partial charge in [-0.2, -0.15) is 5.10 Å². The maximum Gasteiger partial charge on any atom is 0.144 e. The van der Waals surface area contributed by atoms with Gasteiger partial charge >= 0.3 is 0 Å². The highest BCUT2D eigenvalue weighted by atomic mass is 35.5. The fourth-order valence-electron chi connectivity index (χ4n) is 1.22. The Balaban J connectivity index is 2.57. The van der Waals surface area contributed by atoms with E-state index in [-0.39, 0.29) is 5.84 Å². The van der Waals surface area contributed by atoms with E-state index in [2.05, 4.69) is 10.1 Å². The number of rotatable bonds is 2. The van der Waals surface area contributed by atoms with Crippen molar-refractivity contribution < 1.29 is 0 Å². The Kier molecular flexibility index (Phi) is 2.39. The number of pyridine rings is 1. The average Bonchev–Trinajstić information content (AvgIpc) is 2.65. The summed E-state index contributed by atoms with van der Waals surface area (Å²) in [6.45, 7) is 0. The van der Waals surface area contributed by atoms with Crippen LogP contribution in [0.25, 0.3) is 5.69 Å². The van der Waals surface area contributed by atoms with Gasteiger partial charge in [-0.05, 0) is 12.1 Å². The molecule has 3 N–H and O–H groups in total. The number of halogens is 1. The van der Waals surface area contributed by atoms with Crippen LogP contribution in [0.5, 0.6) is 0 Å². The molecule has 0 bridgehead atoms. The van der Waals surface area contributed by atoms with Crippen LogP contribution in [-0.2, 0) is 0 Å². The van der Waals surface area contributed by atoms with Crippen LogP contribution in [0.1, 0.15) is 5.69 Å². The van der Waals surface area contributed by atoms with Gasteiger partial charge in [0.05, 0.1) is 16.9 Å². The monoisotopic (exact) mass is 221 g/mol. The quantitative estimate of drug-likeness (QED) is 0.591. The van der Waals surface area contributed by atoms with Crippen molar-refractivity contribution in [3.8, 4) is 5.69 Å². The number of aromatic nitrogens is 3. The van der Waals surface area contributed by atoms with Crippen LogP contribution >= 0.6 is 11.6 Å². The number of hydrogen-bond acceptors (Lipinski definition) is 3. The molecule has 0 spiro atoms. The highest BCUT2D eigenvalue weighted by Crippen LogP contribution is 2.13. The van der Waals surface area contributed by atoms with Gasteiger partial charge in [-0.15, -0.1) is 0 Å². The average molecular weight is 222 g/mol. The molecule has 0 saturated heterocycles. The van der Waals surface area contributed by atoms with E-state index in [0.717, 1.165) is 0 Å². The topological polar surface area (TPSA) is 80.6 Å². The van der Waals surface area contributed by atoms with E-state index < -0.39 is 0 Å². The summed E-state index contributed by atoms with van der Waals surface area (Å²) in [7, 11) is 0. The molecule has 0 fully saturated rings. The van der Waals surface area contributed by atoms with Gasteiger partial charge in [0, 0.05) is 12.4 Å². The van der Waals surface area contributed by atoms with Crippen molar-refractivity contribution in [1.29, 1.82) is 5.41 Å². The minimum absolute atomic E-state index is 0.0998. The standard InChI is InChI=1S/C9H8ClN5/c10-6-4-14-15(5-6)7-2-1-3-13-8(7)9(11)12/h1-5H,(H3,11,12). The van der Waals surface area contributed by atoms with Crippen molar-refractivity contribution in [2.24, 2.45) is 5.73 Å². The summed E-state index contributed by atoms with van der Waals surface area (Å²) < 4.78 is 1.53. The van der Waals surface area contributed by atoms with E-state index in [1.54, 1.807) is 24.5 Å². The van der Waals surface area contributed by atoms with Crippen LogP contribution in [0.2, 0.25) is 5.02 Å². The lowest BCUT2D eigenvalue weighted by molar-refractivity contribution is 0.870. The number of amidine groups is 1. The smallest absolute Gasteiger partial charge is 0.144 e. The summed E-state index contributed by atoms with van der Waals surface area (Å²) in [5.41, 5.74) is 6.43. The Morgan fingerprint density at radius 3 is 2.93 bits per heavy atom. The first-order valence-electron chi connectivity index (χ1n) is 4.18. The number of nitrogen functional groups attached to an aromatic ring is 1. The van der Waals surface area contributed by atoms with Gasteiger partial charge in [-0.25, -0.2) is 4.68 Å². The van der Waals surface area contributed by atoms with Crippen LogP contribution in [-0.4, -0.2) is 20.6 Å². The normalized spacial score (nSPS) is 10.2. The van der Waals surface area contributed by atoms with Crippen molar-refractivity contribution in [2.75, 3.05) is 0 Å². The second-order valence-corrected chi connectivity index (χ2v) is 3.32. The lowest BCUT2D eigenvalue weighted by Gasteiger charge is -2.05. The molecule has 76 valence electrons. The fraction of sp³-hybridized carbons (Fsp3) is 0. The molecule has 2 aromatic rings. The minimum atomic E-state index is -0.0998. The first-order valence-corrected chi connectivity index (χ1v) is 4.56. The molecule has 0 radical (unpaired) electrons. The molecular formula is C9H8ClN5. The Morgan fingerprint density at radius 1 is 1.53 bits per heavy atom. The van der Waals surface area contributed by atoms with Crippen LogP contribution in [0.4, 0.5) is 0 Å². The molecule has 0 amide bonds. The van der Waals surface area contributed by atoms with Crippen molar-refractivity contribution in [3.63, 3.8) is 0 Å². The van der Waals surface area contributed by atoms with E-state index in [0.29, 0.717) is 16.4 Å². The van der Waals surface area contributed by atoms with Crippen molar-refractivity contribution in [1.82, 2.24) is 14.8 Å². The first-order chi connectivity index (χ1) is 7.18. The summed E-state index contributed by atoms with van der Waals surface area (Å²) in [5, 5.41) is 11.9. The minimum Gasteiger partial charge on any atom is -0.382 e. The molecule has 0 aromatic carbocycles. The number of hydrogen-bond donors (Lipinski definition) is 2. The molecule has 0 saturated carbocycles. The van der Waals surface area contributed by atoms with Crippen molar-refractivity contribution in [2.45, 2.75) is 0 Å². The third-order valence-electron chi connectivity index (χ3n) is 1.84. The van der Waals surface area contributed by atoms with Gasteiger partial charge < -0.3 is 5.73 Å². The fourth-order valence-corrected chi connectivity index (χ4v) is 1.36. The Bertz CT molecular complexity index is 505. The van der Waals surface area contributed by atoms with Crippen LogP contribution in [0.3, 0.4) is 0 Å². The summed E-state index contributed by atoms with van der Waals surface area (Å²) in [6.07, 6.45) is 4.72. The largest absolute Gasteiger partial charge is 0.382 e. The van der Waals surface area contributed by atoms with Crippen molar-refractivity contribution in [3.05, 3.63) is 41.4 Å². The highest BCUT2D eigenvalue weighted by molar-refractivity contribution is 6.30. The van der Waals surface area contributed by atoms with Gasteiger partial charge in [0.25, 0.3) is 0 Å². The van der Waals surface area contributed by atoms with E-state index in [9.17, 15) is 0 Å². The molecule has 0 aliphatic carbocycles. The SMILES string of the molecule is N=C(N)c1ncccc1-n1cc(Cl)cn1. The van der Waals surface area contributed by atoms with Gasteiger partial charge in [-0.3, -0.25) is 10.4 Å². The van der Waals surface area contributed by atoms with Gasteiger partial charge in [-0.1, -0.05) is 11.6 Å². The number of nitrogens with zero attached hydrogens (tertiary/aromatic N) is 3. The molecule has 0 aliphatic rings. The number of nitrogens with one attached hydrogen (secondary N) is 1. The van der Waals surface area contributed by atoms with E-state index >= 15 is 0 Å². The summed E-state index contributed by atoms with van der Waals surface area (Å²) in [5.74, 6) is -0.0998. The third kappa shape index (κ3) is 1.82. The first kappa shape index (κ1) is 9.67. The Labute approximate surface area is 91.0 Å². The van der Waals surface area contributed by atoms with E-state index in [1.165, 1.54) is 10.9 Å². The van der Waals surface area contributed by atoms with Crippen molar-refractivity contribution >= 4 is 17.4 Å². The molecule has 5 nitrogen and oxygen atoms in total. The molecule has 2 heterocycles. The lowest BCUT2D eigenvalue weighted by atomic mass is 10.3. The second-order valence-electron chi connectivity index (χ2n) is 2.89. The van der Waals surface area contributed by atoms with E-state index in [4.69, 9.17) is 22.7 Å². The highest BCUT2D eigenvalue weighted by Gasteiger charge is 2.08. The van der Waals surface area contributed by atoms with Gasteiger partial charge in [0.1, 0.15) is 11.5 Å². The molecule has 2 rings (SSSR count). The van der Waals surface area contributed by atoms with Crippen LogP contribution < -0.4 is 5.73 Å². The van der Waals surface area contributed by atoms with E-state index in [1.807, 2.05) is 0 Å².